The minimum atomic E-state index is -0.530. The molecule has 7 nitrogen and oxygen atoms in total. The zero-order valence-corrected chi connectivity index (χ0v) is 20.5. The molecular weight excluding hydrogens is 442 g/mol. The number of hydrogen-bond acceptors (Lipinski definition) is 5. The Hall–Kier alpha value is -2.98. The molecule has 1 saturated heterocycles. The van der Waals surface area contributed by atoms with Crippen LogP contribution in [0.25, 0.3) is 4.85 Å². The van der Waals surface area contributed by atoms with Crippen molar-refractivity contribution < 1.29 is 19.0 Å². The number of carbonyl (C=O) groups is 1. The second kappa shape index (κ2) is 9.88. The van der Waals surface area contributed by atoms with Gasteiger partial charge in [-0.25, -0.2) is 9.64 Å². The van der Waals surface area contributed by atoms with Crippen molar-refractivity contribution in [1.29, 1.82) is 0 Å². The largest absolute Gasteiger partial charge is 0.498 e. The van der Waals surface area contributed by atoms with Crippen LogP contribution in [0.1, 0.15) is 53.2 Å². The first kappa shape index (κ1) is 24.7. The van der Waals surface area contributed by atoms with Crippen LogP contribution in [0.3, 0.4) is 0 Å². The van der Waals surface area contributed by atoms with E-state index in [2.05, 4.69) is 9.83 Å². The van der Waals surface area contributed by atoms with Gasteiger partial charge in [-0.2, -0.15) is 0 Å². The van der Waals surface area contributed by atoms with Gasteiger partial charge in [0.05, 0.1) is 12.3 Å². The molecule has 1 unspecified atom stereocenters. The second-order valence-electron chi connectivity index (χ2n) is 9.67. The summed E-state index contributed by atoms with van der Waals surface area (Å²) >= 11 is 5.94. The molecule has 176 valence electrons. The summed E-state index contributed by atoms with van der Waals surface area (Å²) < 4.78 is 17.6. The van der Waals surface area contributed by atoms with Crippen molar-refractivity contribution in [3.63, 3.8) is 0 Å². The number of nitrogens with zero attached hydrogens (tertiary/aromatic N) is 3. The smallest absolute Gasteiger partial charge is 0.410 e. The van der Waals surface area contributed by atoms with Gasteiger partial charge in [-0.15, -0.1) is 0 Å². The van der Waals surface area contributed by atoms with E-state index in [1.807, 2.05) is 46.8 Å². The van der Waals surface area contributed by atoms with E-state index in [0.717, 1.165) is 0 Å². The van der Waals surface area contributed by atoms with Crippen LogP contribution in [0.2, 0.25) is 5.02 Å². The highest BCUT2D eigenvalue weighted by Gasteiger charge is 2.40. The predicted octanol–water partition coefficient (Wildman–Crippen LogP) is 6.42. The van der Waals surface area contributed by atoms with Gasteiger partial charge in [0.25, 0.3) is 0 Å². The van der Waals surface area contributed by atoms with Gasteiger partial charge in [0.1, 0.15) is 29.8 Å². The van der Waals surface area contributed by atoms with Crippen LogP contribution >= 0.6 is 11.6 Å². The molecule has 1 fully saturated rings. The zero-order chi connectivity index (χ0) is 24.2. The van der Waals surface area contributed by atoms with Crippen LogP contribution in [-0.2, 0) is 11.3 Å². The van der Waals surface area contributed by atoms with E-state index in [1.54, 1.807) is 29.3 Å². The molecule has 1 amide bonds. The van der Waals surface area contributed by atoms with Crippen molar-refractivity contribution in [2.45, 2.75) is 71.3 Å². The van der Waals surface area contributed by atoms with Crippen LogP contribution in [-0.4, -0.2) is 39.8 Å². The SMILES string of the molecule is [C-]#[N+]c1cc(Cl)ccc1OCc1cc(OC2CCN(C(=O)OC(C)(C)C)C(C)(C)C2)ccn1. The van der Waals surface area contributed by atoms with Gasteiger partial charge in [0.15, 0.2) is 0 Å². The van der Waals surface area contributed by atoms with E-state index in [9.17, 15) is 4.79 Å². The highest BCUT2D eigenvalue weighted by molar-refractivity contribution is 6.30. The van der Waals surface area contributed by atoms with Crippen LogP contribution in [0.4, 0.5) is 10.5 Å². The molecule has 3 rings (SSSR count). The Morgan fingerprint density at radius 3 is 2.73 bits per heavy atom. The normalized spacial score (nSPS) is 17.7. The van der Waals surface area contributed by atoms with Gasteiger partial charge in [-0.05, 0) is 58.9 Å². The molecule has 2 aromatic rings. The molecule has 1 aliphatic rings. The zero-order valence-electron chi connectivity index (χ0n) is 19.7. The van der Waals surface area contributed by atoms with Crippen molar-refractivity contribution in [3.8, 4) is 11.5 Å². The summed E-state index contributed by atoms with van der Waals surface area (Å²) in [6, 6.07) is 8.58. The molecule has 8 heteroatoms. The van der Waals surface area contributed by atoms with Gasteiger partial charge in [-0.1, -0.05) is 11.6 Å². The van der Waals surface area contributed by atoms with E-state index in [-0.39, 0.29) is 18.8 Å². The minimum Gasteiger partial charge on any atom is -0.498 e. The van der Waals surface area contributed by atoms with Crippen molar-refractivity contribution in [2.24, 2.45) is 0 Å². The van der Waals surface area contributed by atoms with E-state index < -0.39 is 11.1 Å². The Bertz CT molecular complexity index is 1040. The molecule has 0 spiro atoms. The predicted molar refractivity (Wildman–Crippen MR) is 127 cm³/mol. The van der Waals surface area contributed by atoms with Gasteiger partial charge < -0.3 is 19.1 Å². The maximum Gasteiger partial charge on any atom is 0.410 e. The number of pyridine rings is 1. The van der Waals surface area contributed by atoms with Crippen molar-refractivity contribution >= 4 is 23.4 Å². The second-order valence-corrected chi connectivity index (χ2v) is 10.1. The highest BCUT2D eigenvalue weighted by atomic mass is 35.5. The molecule has 33 heavy (non-hydrogen) atoms. The van der Waals surface area contributed by atoms with E-state index in [4.69, 9.17) is 32.4 Å². The summed E-state index contributed by atoms with van der Waals surface area (Å²) in [6.45, 7) is 17.7. The fourth-order valence-corrected chi connectivity index (χ4v) is 3.92. The summed E-state index contributed by atoms with van der Waals surface area (Å²) in [5, 5.41) is 0.488. The molecule has 1 aliphatic heterocycles. The third kappa shape index (κ3) is 6.75. The van der Waals surface area contributed by atoms with Crippen molar-refractivity contribution in [2.75, 3.05) is 6.54 Å². The van der Waals surface area contributed by atoms with Gasteiger partial charge in [0, 0.05) is 42.2 Å². The van der Waals surface area contributed by atoms with E-state index >= 15 is 0 Å². The lowest BCUT2D eigenvalue weighted by atomic mass is 9.89. The number of ether oxygens (including phenoxy) is 3. The van der Waals surface area contributed by atoms with E-state index in [1.165, 1.54) is 0 Å². The standard InChI is InChI=1S/C25H30ClN3O4/c1-24(2,3)33-23(30)29-12-10-20(15-25(29,4)5)32-19-9-11-28-18(14-19)16-31-22-8-7-17(26)13-21(22)27-6/h7-9,11,13-14,20H,10,12,15-16H2,1-5H3. The summed E-state index contributed by atoms with van der Waals surface area (Å²) in [4.78, 5) is 22.2. The topological polar surface area (TPSA) is 65.2 Å². The maximum absolute atomic E-state index is 12.6. The van der Waals surface area contributed by atoms with Crippen molar-refractivity contribution in [1.82, 2.24) is 9.88 Å². The molecule has 2 heterocycles. The lowest BCUT2D eigenvalue weighted by Gasteiger charge is -2.45. The quantitative estimate of drug-likeness (QED) is 0.470. The first-order valence-electron chi connectivity index (χ1n) is 10.9. The van der Waals surface area contributed by atoms with E-state index in [0.29, 0.717) is 47.3 Å². The third-order valence-electron chi connectivity index (χ3n) is 5.25. The van der Waals surface area contributed by atoms with Crippen LogP contribution < -0.4 is 9.47 Å². The maximum atomic E-state index is 12.6. The minimum absolute atomic E-state index is 0.0418. The Morgan fingerprint density at radius 1 is 1.30 bits per heavy atom. The Labute approximate surface area is 200 Å². The summed E-state index contributed by atoms with van der Waals surface area (Å²) in [6.07, 6.45) is 2.72. The molecule has 0 bridgehead atoms. The van der Waals surface area contributed by atoms with Crippen LogP contribution in [0.5, 0.6) is 11.5 Å². The number of likely N-dealkylation sites (tertiary alicyclic amines) is 1. The number of amides is 1. The Morgan fingerprint density at radius 2 is 2.06 bits per heavy atom. The fourth-order valence-electron chi connectivity index (χ4n) is 3.75. The van der Waals surface area contributed by atoms with Crippen LogP contribution in [0, 0.1) is 6.57 Å². The highest BCUT2D eigenvalue weighted by Crippen LogP contribution is 2.33. The lowest BCUT2D eigenvalue weighted by molar-refractivity contribution is -0.0262. The Balaban J connectivity index is 1.61. The number of halogens is 1. The number of rotatable bonds is 5. The molecule has 0 radical (unpaired) electrons. The van der Waals surface area contributed by atoms with Gasteiger partial charge in [-0.3, -0.25) is 4.98 Å². The number of piperidine rings is 1. The number of aromatic nitrogens is 1. The average Bonchev–Trinajstić information content (AvgIpc) is 2.71. The monoisotopic (exact) mass is 471 g/mol. The average molecular weight is 472 g/mol. The molecule has 0 aliphatic carbocycles. The van der Waals surface area contributed by atoms with Gasteiger partial charge in [0.2, 0.25) is 5.69 Å². The Kier molecular flexibility index (Phi) is 7.38. The number of hydrogen-bond donors (Lipinski definition) is 0. The summed E-state index contributed by atoms with van der Waals surface area (Å²) in [5.41, 5.74) is 0.115. The third-order valence-corrected chi connectivity index (χ3v) is 5.49. The van der Waals surface area contributed by atoms with Crippen LogP contribution in [0.15, 0.2) is 36.5 Å². The molecule has 0 N–H and O–H groups in total. The molecule has 1 aromatic heterocycles. The molecule has 0 saturated carbocycles. The molecular formula is C25H30ClN3O4. The van der Waals surface area contributed by atoms with Crippen molar-refractivity contribution in [3.05, 3.63) is 58.7 Å². The molecule has 1 aromatic carbocycles. The fraction of sp³-hybridized carbons (Fsp3) is 0.480. The van der Waals surface area contributed by atoms with Gasteiger partial charge >= 0.3 is 6.09 Å². The first-order valence-corrected chi connectivity index (χ1v) is 11.3. The number of carbonyl (C=O) groups excluding carboxylic acids is 1. The summed E-state index contributed by atoms with van der Waals surface area (Å²) in [7, 11) is 0. The lowest BCUT2D eigenvalue weighted by Crippen LogP contribution is -2.56. The molecule has 1 atom stereocenters. The first-order chi connectivity index (χ1) is 15.5. The number of benzene rings is 1. The summed E-state index contributed by atoms with van der Waals surface area (Å²) in [5.74, 6) is 1.15.